The largest absolute Gasteiger partial charge is 0.382 e. The van der Waals surface area contributed by atoms with Crippen LogP contribution in [0.25, 0.3) is 11.2 Å². The number of nitrogen functional groups attached to an aromatic ring is 2. The number of rotatable bonds is 0. The molecule has 0 bridgehead atoms. The Morgan fingerprint density at radius 2 is 2.08 bits per heavy atom. The standard InChI is InChI=1S/C5H5N6Si/c6-3-2-4(10-5(7)9-3)11(12)1-8-2/h1H,(H4,6,7,9,10). The van der Waals surface area contributed by atoms with Gasteiger partial charge < -0.3 is 15.7 Å². The van der Waals surface area contributed by atoms with Crippen molar-refractivity contribution in [3.8, 4) is 0 Å². The van der Waals surface area contributed by atoms with Crippen LogP contribution in [0.2, 0.25) is 0 Å². The molecule has 0 saturated carbocycles. The summed E-state index contributed by atoms with van der Waals surface area (Å²) in [6.07, 6.45) is 1.53. The summed E-state index contributed by atoms with van der Waals surface area (Å²) in [6, 6.07) is 0. The molecule has 12 heavy (non-hydrogen) atoms. The van der Waals surface area contributed by atoms with E-state index < -0.39 is 0 Å². The molecule has 6 nitrogen and oxygen atoms in total. The lowest BCUT2D eigenvalue weighted by Crippen LogP contribution is -2.02. The highest BCUT2D eigenvalue weighted by molar-refractivity contribution is 6.10. The zero-order chi connectivity index (χ0) is 8.72. The Morgan fingerprint density at radius 1 is 1.33 bits per heavy atom. The van der Waals surface area contributed by atoms with Crippen LogP contribution in [0, 0.1) is 0 Å². The lowest BCUT2D eigenvalue weighted by atomic mass is 10.5. The van der Waals surface area contributed by atoms with Crippen molar-refractivity contribution in [3.63, 3.8) is 0 Å². The average molecular weight is 177 g/mol. The van der Waals surface area contributed by atoms with E-state index in [0.717, 1.165) is 0 Å². The average Bonchev–Trinajstić information content (AvgIpc) is 2.33. The van der Waals surface area contributed by atoms with Gasteiger partial charge in [0.1, 0.15) is 5.52 Å². The van der Waals surface area contributed by atoms with Gasteiger partial charge in [0.25, 0.3) is 0 Å². The highest BCUT2D eigenvalue weighted by Crippen LogP contribution is 2.14. The zero-order valence-electron chi connectivity index (χ0n) is 6.02. The Morgan fingerprint density at radius 3 is 2.83 bits per heavy atom. The SMILES string of the molecule is Nc1nc(N)c2ncn([Si])c2n1. The van der Waals surface area contributed by atoms with Crippen LogP contribution in [0.4, 0.5) is 11.8 Å². The minimum atomic E-state index is 0.139. The molecule has 0 spiro atoms. The van der Waals surface area contributed by atoms with Crippen LogP contribution in [0.1, 0.15) is 0 Å². The molecule has 0 aliphatic carbocycles. The van der Waals surface area contributed by atoms with E-state index in [-0.39, 0.29) is 11.8 Å². The number of nitrogens with two attached hydrogens (primary N) is 2. The fourth-order valence-electron chi connectivity index (χ4n) is 0.939. The van der Waals surface area contributed by atoms with Crippen molar-refractivity contribution in [2.75, 3.05) is 11.5 Å². The highest BCUT2D eigenvalue weighted by atomic mass is 28.2. The third-order valence-electron chi connectivity index (χ3n) is 1.44. The zero-order valence-corrected chi connectivity index (χ0v) is 7.02. The van der Waals surface area contributed by atoms with Gasteiger partial charge in [-0.3, -0.25) is 0 Å². The van der Waals surface area contributed by atoms with Gasteiger partial charge in [-0.15, -0.1) is 0 Å². The van der Waals surface area contributed by atoms with E-state index in [4.69, 9.17) is 11.5 Å². The topological polar surface area (TPSA) is 95.6 Å². The molecule has 0 fully saturated rings. The highest BCUT2D eigenvalue weighted by Gasteiger charge is 2.06. The van der Waals surface area contributed by atoms with Crippen molar-refractivity contribution < 1.29 is 0 Å². The number of aromatic nitrogens is 4. The maximum Gasteiger partial charge on any atom is 0.224 e. The smallest absolute Gasteiger partial charge is 0.224 e. The summed E-state index contributed by atoms with van der Waals surface area (Å²) < 4.78 is 1.55. The predicted molar refractivity (Wildman–Crippen MR) is 45.3 cm³/mol. The normalized spacial score (nSPS) is 10.8. The van der Waals surface area contributed by atoms with Gasteiger partial charge in [-0.1, -0.05) is 0 Å². The van der Waals surface area contributed by atoms with Crippen LogP contribution in [-0.4, -0.2) is 29.6 Å². The van der Waals surface area contributed by atoms with E-state index in [9.17, 15) is 0 Å². The van der Waals surface area contributed by atoms with Crippen molar-refractivity contribution in [3.05, 3.63) is 6.33 Å². The van der Waals surface area contributed by atoms with Gasteiger partial charge in [0, 0.05) is 0 Å². The number of fused-ring (bicyclic) bond motifs is 1. The number of nitrogens with zero attached hydrogens (tertiary/aromatic N) is 4. The van der Waals surface area contributed by atoms with E-state index in [0.29, 0.717) is 11.2 Å². The Hall–Kier alpha value is -1.63. The maximum absolute atomic E-state index is 5.54. The first-order valence-corrected chi connectivity index (χ1v) is 3.61. The summed E-state index contributed by atoms with van der Waals surface area (Å²) in [4.78, 5) is 11.7. The molecule has 4 N–H and O–H groups in total. The van der Waals surface area contributed by atoms with Crippen LogP contribution >= 0.6 is 0 Å². The number of imidazole rings is 1. The molecule has 2 aromatic rings. The molecule has 0 aliphatic rings. The lowest BCUT2D eigenvalue weighted by molar-refractivity contribution is 1.18. The van der Waals surface area contributed by atoms with Crippen molar-refractivity contribution in [2.24, 2.45) is 0 Å². The van der Waals surface area contributed by atoms with Gasteiger partial charge in [0.2, 0.25) is 5.95 Å². The molecule has 0 amide bonds. The van der Waals surface area contributed by atoms with E-state index in [2.05, 4.69) is 25.4 Å². The fraction of sp³-hybridized carbons (Fsp3) is 0. The molecule has 0 aliphatic heterocycles. The second-order valence-corrected chi connectivity index (χ2v) is 2.74. The lowest BCUT2D eigenvalue weighted by Gasteiger charge is -1.96. The van der Waals surface area contributed by atoms with Crippen LogP contribution < -0.4 is 11.5 Å². The molecule has 2 rings (SSSR count). The van der Waals surface area contributed by atoms with E-state index in [1.165, 1.54) is 6.33 Å². The Bertz CT molecular complexity index is 435. The molecule has 2 aromatic heterocycles. The summed E-state index contributed by atoms with van der Waals surface area (Å²) in [5.74, 6) is 0.425. The van der Waals surface area contributed by atoms with Gasteiger partial charge in [-0.2, -0.15) is 9.97 Å². The van der Waals surface area contributed by atoms with Gasteiger partial charge in [0.15, 0.2) is 21.9 Å². The molecular weight excluding hydrogens is 172 g/mol. The monoisotopic (exact) mass is 177 g/mol. The van der Waals surface area contributed by atoms with Crippen LogP contribution in [0.15, 0.2) is 6.33 Å². The predicted octanol–water partition coefficient (Wildman–Crippen LogP) is -1.08. The molecule has 0 aromatic carbocycles. The summed E-state index contributed by atoms with van der Waals surface area (Å²) >= 11 is 0. The molecule has 3 radical (unpaired) electrons. The number of hydrogen-bond acceptors (Lipinski definition) is 5. The van der Waals surface area contributed by atoms with E-state index in [1.54, 1.807) is 4.23 Å². The first-order valence-electron chi connectivity index (χ1n) is 3.16. The van der Waals surface area contributed by atoms with Gasteiger partial charge in [-0.25, -0.2) is 4.98 Å². The Labute approximate surface area is 71.1 Å². The summed E-state index contributed by atoms with van der Waals surface area (Å²) in [7, 11) is 3.24. The molecule has 0 atom stereocenters. The molecular formula is C5H5N6Si. The van der Waals surface area contributed by atoms with Gasteiger partial charge >= 0.3 is 0 Å². The van der Waals surface area contributed by atoms with Crippen molar-refractivity contribution in [2.45, 2.75) is 0 Å². The third kappa shape index (κ3) is 0.832. The van der Waals surface area contributed by atoms with Crippen LogP contribution in [0.3, 0.4) is 0 Å². The van der Waals surface area contributed by atoms with Gasteiger partial charge in [-0.05, 0) is 0 Å². The Balaban J connectivity index is 2.92. The van der Waals surface area contributed by atoms with Crippen molar-refractivity contribution >= 4 is 33.3 Å². The third-order valence-corrected chi connectivity index (χ3v) is 1.77. The van der Waals surface area contributed by atoms with Gasteiger partial charge in [0.05, 0.1) is 6.33 Å². The molecule has 2 heterocycles. The first kappa shape index (κ1) is 7.04. The molecule has 0 unspecified atom stereocenters. The van der Waals surface area contributed by atoms with E-state index >= 15 is 0 Å². The fourth-order valence-corrected chi connectivity index (χ4v) is 1.15. The second kappa shape index (κ2) is 2.17. The molecule has 0 saturated heterocycles. The number of anilines is 2. The summed E-state index contributed by atoms with van der Waals surface area (Å²) in [6.45, 7) is 0. The van der Waals surface area contributed by atoms with Crippen molar-refractivity contribution in [1.29, 1.82) is 0 Å². The maximum atomic E-state index is 5.54. The number of hydrogen-bond donors (Lipinski definition) is 2. The first-order chi connectivity index (χ1) is 5.68. The quantitative estimate of drug-likeness (QED) is 0.499. The van der Waals surface area contributed by atoms with Crippen LogP contribution in [0.5, 0.6) is 0 Å². The molecule has 59 valence electrons. The van der Waals surface area contributed by atoms with Crippen molar-refractivity contribution in [1.82, 2.24) is 19.2 Å². The minimum Gasteiger partial charge on any atom is -0.382 e. The molecule has 7 heteroatoms. The summed E-state index contributed by atoms with van der Waals surface area (Å²) in [5.41, 5.74) is 12.0. The van der Waals surface area contributed by atoms with E-state index in [1.807, 2.05) is 0 Å². The minimum absolute atomic E-state index is 0.139. The second-order valence-electron chi connectivity index (χ2n) is 2.25. The summed E-state index contributed by atoms with van der Waals surface area (Å²) in [5, 5.41) is 0. The van der Waals surface area contributed by atoms with Crippen LogP contribution in [-0.2, 0) is 0 Å². The Kier molecular flexibility index (Phi) is 1.28.